The van der Waals surface area contributed by atoms with Crippen LogP contribution in [0.1, 0.15) is 5.56 Å². The first-order valence-electron chi connectivity index (χ1n) is 4.88. The molecule has 3 rings (SSSR count). The van der Waals surface area contributed by atoms with Crippen LogP contribution in [0.15, 0.2) is 18.3 Å². The maximum absolute atomic E-state index is 13.4. The van der Waals surface area contributed by atoms with Gasteiger partial charge in [-0.2, -0.15) is 0 Å². The minimum absolute atomic E-state index is 0.0158. The molecule has 2 aromatic rings. The predicted octanol–water partition coefficient (Wildman–Crippen LogP) is 1.80. The Morgan fingerprint density at radius 3 is 3.00 bits per heavy atom. The molecular formula is C11H10F2N2. The molecule has 1 atom stereocenters. The van der Waals surface area contributed by atoms with Gasteiger partial charge in [0.2, 0.25) is 0 Å². The third kappa shape index (κ3) is 1.11. The van der Waals surface area contributed by atoms with E-state index in [1.165, 1.54) is 6.07 Å². The van der Waals surface area contributed by atoms with E-state index in [1.807, 2.05) is 4.57 Å². The Kier molecular flexibility index (Phi) is 1.65. The minimum Gasteiger partial charge on any atom is -0.346 e. The molecule has 15 heavy (non-hydrogen) atoms. The molecule has 0 saturated carbocycles. The lowest BCUT2D eigenvalue weighted by Crippen LogP contribution is -2.31. The summed E-state index contributed by atoms with van der Waals surface area (Å²) in [7, 11) is 0. The number of benzene rings is 1. The topological polar surface area (TPSA) is 30.9 Å². The fraction of sp³-hybridized carbons (Fsp3) is 0.273. The number of aromatic nitrogens is 1. The molecule has 2 N–H and O–H groups in total. The Hall–Kier alpha value is -1.42. The van der Waals surface area contributed by atoms with Crippen molar-refractivity contribution in [2.24, 2.45) is 5.73 Å². The Bertz CT molecular complexity index is 545. The summed E-state index contributed by atoms with van der Waals surface area (Å²) in [6.45, 7) is 0.668. The average Bonchev–Trinajstić information content (AvgIpc) is 2.58. The molecule has 2 nitrogen and oxygen atoms in total. The van der Waals surface area contributed by atoms with Gasteiger partial charge < -0.3 is 10.3 Å². The third-order valence-corrected chi connectivity index (χ3v) is 2.93. The van der Waals surface area contributed by atoms with E-state index in [9.17, 15) is 8.78 Å². The number of nitrogens with zero attached hydrogens (tertiary/aromatic N) is 1. The second-order valence-electron chi connectivity index (χ2n) is 4.03. The van der Waals surface area contributed by atoms with Gasteiger partial charge in [-0.15, -0.1) is 0 Å². The van der Waals surface area contributed by atoms with Crippen LogP contribution in [0, 0.1) is 11.6 Å². The Morgan fingerprint density at radius 2 is 2.20 bits per heavy atom. The fourth-order valence-corrected chi connectivity index (χ4v) is 2.33. The van der Waals surface area contributed by atoms with Crippen molar-refractivity contribution in [2.75, 3.05) is 0 Å². The average molecular weight is 208 g/mol. The largest absolute Gasteiger partial charge is 0.346 e. The molecule has 0 unspecified atom stereocenters. The number of halogens is 2. The molecular weight excluding hydrogens is 198 g/mol. The first kappa shape index (κ1) is 8.85. The van der Waals surface area contributed by atoms with Gasteiger partial charge in [0.15, 0.2) is 11.6 Å². The van der Waals surface area contributed by atoms with Crippen LogP contribution < -0.4 is 5.73 Å². The second kappa shape index (κ2) is 2.79. The van der Waals surface area contributed by atoms with Gasteiger partial charge >= 0.3 is 0 Å². The summed E-state index contributed by atoms with van der Waals surface area (Å²) in [4.78, 5) is 0. The monoisotopic (exact) mass is 208 g/mol. The summed E-state index contributed by atoms with van der Waals surface area (Å²) in [6, 6.07) is 2.85. The molecule has 1 aromatic heterocycles. The summed E-state index contributed by atoms with van der Waals surface area (Å²) in [5.74, 6) is -1.55. The van der Waals surface area contributed by atoms with Crippen LogP contribution in [0.25, 0.3) is 10.9 Å². The van der Waals surface area contributed by atoms with E-state index in [2.05, 4.69) is 0 Å². The molecule has 0 amide bonds. The van der Waals surface area contributed by atoms with E-state index in [0.717, 1.165) is 11.1 Å². The Labute approximate surface area is 85.3 Å². The van der Waals surface area contributed by atoms with E-state index in [-0.39, 0.29) is 6.04 Å². The lowest BCUT2D eigenvalue weighted by atomic mass is 10.00. The van der Waals surface area contributed by atoms with Crippen molar-refractivity contribution in [2.45, 2.75) is 19.0 Å². The molecule has 0 fully saturated rings. The maximum atomic E-state index is 13.4. The first-order chi connectivity index (χ1) is 7.16. The lowest BCUT2D eigenvalue weighted by Gasteiger charge is -2.21. The third-order valence-electron chi connectivity index (χ3n) is 2.93. The predicted molar refractivity (Wildman–Crippen MR) is 53.5 cm³/mol. The molecule has 0 radical (unpaired) electrons. The summed E-state index contributed by atoms with van der Waals surface area (Å²) < 4.78 is 28.6. The summed E-state index contributed by atoms with van der Waals surface area (Å²) in [6.07, 6.45) is 2.37. The maximum Gasteiger partial charge on any atom is 0.168 e. The zero-order chi connectivity index (χ0) is 10.6. The van der Waals surface area contributed by atoms with E-state index >= 15 is 0 Å². The zero-order valence-corrected chi connectivity index (χ0v) is 8.00. The fourth-order valence-electron chi connectivity index (χ4n) is 2.33. The second-order valence-corrected chi connectivity index (χ2v) is 4.03. The molecule has 1 aliphatic heterocycles. The van der Waals surface area contributed by atoms with Crippen LogP contribution >= 0.6 is 0 Å². The van der Waals surface area contributed by atoms with Gasteiger partial charge in [-0.05, 0) is 24.1 Å². The van der Waals surface area contributed by atoms with E-state index in [0.29, 0.717) is 18.4 Å². The summed E-state index contributed by atoms with van der Waals surface area (Å²) in [5.41, 5.74) is 7.42. The smallest absolute Gasteiger partial charge is 0.168 e. The van der Waals surface area contributed by atoms with Crippen LogP contribution in [0.5, 0.6) is 0 Å². The van der Waals surface area contributed by atoms with Crippen LogP contribution in [0.2, 0.25) is 0 Å². The molecule has 0 bridgehead atoms. The molecule has 0 saturated heterocycles. The molecule has 0 spiro atoms. The highest BCUT2D eigenvalue weighted by molar-refractivity contribution is 5.84. The molecule has 1 aliphatic rings. The van der Waals surface area contributed by atoms with Crippen molar-refractivity contribution in [3.05, 3.63) is 35.5 Å². The van der Waals surface area contributed by atoms with E-state index < -0.39 is 11.6 Å². The van der Waals surface area contributed by atoms with Crippen LogP contribution in [-0.2, 0) is 13.0 Å². The Morgan fingerprint density at radius 1 is 1.40 bits per heavy atom. The number of nitrogens with two attached hydrogens (primary N) is 1. The molecule has 4 heteroatoms. The summed E-state index contributed by atoms with van der Waals surface area (Å²) in [5, 5.41) is 0.358. The number of hydrogen-bond donors (Lipinski definition) is 1. The van der Waals surface area contributed by atoms with Crippen molar-refractivity contribution >= 4 is 10.9 Å². The van der Waals surface area contributed by atoms with Crippen molar-refractivity contribution in [1.82, 2.24) is 4.57 Å². The van der Waals surface area contributed by atoms with Gasteiger partial charge in [0.1, 0.15) is 0 Å². The molecule has 1 aromatic carbocycles. The van der Waals surface area contributed by atoms with Gasteiger partial charge in [0.25, 0.3) is 0 Å². The summed E-state index contributed by atoms with van der Waals surface area (Å²) >= 11 is 0. The number of hydrogen-bond acceptors (Lipinski definition) is 1. The van der Waals surface area contributed by atoms with Crippen LogP contribution in [-0.4, -0.2) is 10.6 Å². The first-order valence-corrected chi connectivity index (χ1v) is 4.88. The van der Waals surface area contributed by atoms with Crippen LogP contribution in [0.4, 0.5) is 8.78 Å². The number of rotatable bonds is 0. The van der Waals surface area contributed by atoms with Crippen molar-refractivity contribution < 1.29 is 8.78 Å². The SMILES string of the molecule is N[C@@H]1Cc2cc(F)c(F)c3ccn(c23)C1. The molecule has 2 heterocycles. The van der Waals surface area contributed by atoms with Gasteiger partial charge in [-0.1, -0.05) is 0 Å². The normalized spacial score (nSPS) is 19.8. The van der Waals surface area contributed by atoms with Crippen molar-refractivity contribution in [1.29, 1.82) is 0 Å². The van der Waals surface area contributed by atoms with E-state index in [4.69, 9.17) is 5.73 Å². The Balaban J connectivity index is 2.41. The van der Waals surface area contributed by atoms with Gasteiger partial charge in [0, 0.05) is 24.2 Å². The highest BCUT2D eigenvalue weighted by atomic mass is 19.2. The van der Waals surface area contributed by atoms with Gasteiger partial charge in [0.05, 0.1) is 5.52 Å². The van der Waals surface area contributed by atoms with E-state index in [1.54, 1.807) is 12.3 Å². The van der Waals surface area contributed by atoms with Crippen LogP contribution in [0.3, 0.4) is 0 Å². The highest BCUT2D eigenvalue weighted by Gasteiger charge is 2.21. The molecule has 0 aliphatic carbocycles. The van der Waals surface area contributed by atoms with Crippen molar-refractivity contribution in [3.8, 4) is 0 Å². The zero-order valence-electron chi connectivity index (χ0n) is 8.00. The minimum atomic E-state index is -0.788. The lowest BCUT2D eigenvalue weighted by molar-refractivity contribution is 0.505. The standard InChI is InChI=1S/C11H10F2N2/c12-9-4-6-3-7(14)5-15-2-1-8(10(9)13)11(6)15/h1-2,4,7H,3,5,14H2/t7-/m1/s1. The van der Waals surface area contributed by atoms with Gasteiger partial charge in [-0.3, -0.25) is 0 Å². The quantitative estimate of drug-likeness (QED) is 0.703. The van der Waals surface area contributed by atoms with Crippen molar-refractivity contribution in [3.63, 3.8) is 0 Å². The molecule has 78 valence electrons. The highest BCUT2D eigenvalue weighted by Crippen LogP contribution is 2.29. The van der Waals surface area contributed by atoms with Gasteiger partial charge in [-0.25, -0.2) is 8.78 Å².